The lowest BCUT2D eigenvalue weighted by Gasteiger charge is -2.35. The molecule has 1 aliphatic rings. The predicted molar refractivity (Wildman–Crippen MR) is 238 cm³/mol. The number of hydrogen-bond acceptors (Lipinski definition) is 3. The van der Waals surface area contributed by atoms with E-state index < -0.39 is 5.41 Å². The summed E-state index contributed by atoms with van der Waals surface area (Å²) in [4.78, 5) is 2.39. The van der Waals surface area contributed by atoms with Crippen LogP contribution in [0.15, 0.2) is 221 Å². The summed E-state index contributed by atoms with van der Waals surface area (Å²) in [5.74, 6) is 0. The molecule has 12 rings (SSSR count). The Hall–Kier alpha value is -7.62. The lowest BCUT2D eigenvalue weighted by atomic mass is 9.67. The highest BCUT2D eigenvalue weighted by Crippen LogP contribution is 2.58. The molecule has 3 nitrogen and oxygen atoms in total. The minimum Gasteiger partial charge on any atom is -0.456 e. The van der Waals surface area contributed by atoms with E-state index in [9.17, 15) is 0 Å². The molecule has 2 heterocycles. The van der Waals surface area contributed by atoms with Crippen molar-refractivity contribution in [3.05, 3.63) is 235 Å². The van der Waals surface area contributed by atoms with Gasteiger partial charge < -0.3 is 13.7 Å². The minimum absolute atomic E-state index is 0.621. The van der Waals surface area contributed by atoms with E-state index in [0.29, 0.717) is 0 Å². The molecule has 3 heteroatoms. The molecule has 58 heavy (non-hydrogen) atoms. The number of benzene rings is 9. The monoisotopic (exact) mass is 741 g/mol. The Bertz CT molecular complexity index is 3340. The van der Waals surface area contributed by atoms with Crippen molar-refractivity contribution in [1.29, 1.82) is 0 Å². The van der Waals surface area contributed by atoms with Crippen molar-refractivity contribution in [2.24, 2.45) is 0 Å². The zero-order valence-electron chi connectivity index (χ0n) is 31.5. The standard InChI is InChI=1S/C55H35NO2/c1-3-13-36(14-4-1)37-23-26-40(27-24-37)56(41-29-32-53-48(34-41)46-19-9-12-22-52(46)57-53)42-28-31-44-43-17-7-10-20-49(43)55(50(44)35-42,38-15-5-2-6-16-38)39-25-30-47-45-18-8-11-21-51(45)58-54(47)33-39/h1-35H. The highest BCUT2D eigenvalue weighted by Gasteiger charge is 2.46. The van der Waals surface area contributed by atoms with Crippen LogP contribution in [0, 0.1) is 0 Å². The Morgan fingerprint density at radius 2 is 0.862 bits per heavy atom. The largest absolute Gasteiger partial charge is 0.456 e. The number of para-hydroxylation sites is 2. The van der Waals surface area contributed by atoms with Crippen LogP contribution < -0.4 is 4.90 Å². The maximum absolute atomic E-state index is 6.57. The topological polar surface area (TPSA) is 29.5 Å². The van der Waals surface area contributed by atoms with Crippen LogP contribution in [0.1, 0.15) is 22.3 Å². The molecule has 0 N–H and O–H groups in total. The van der Waals surface area contributed by atoms with Crippen molar-refractivity contribution < 1.29 is 8.83 Å². The summed E-state index contributed by atoms with van der Waals surface area (Å²) < 4.78 is 12.9. The van der Waals surface area contributed by atoms with Crippen LogP contribution in [-0.4, -0.2) is 0 Å². The summed E-state index contributed by atoms with van der Waals surface area (Å²) in [5.41, 5.74) is 15.8. The SMILES string of the molecule is c1ccc(-c2ccc(N(c3ccc4c(c3)C(c3ccccc3)(c3ccc5c(c3)oc3ccccc35)c3ccccc3-4)c3ccc4oc5ccccc5c4c3)cc2)cc1. The van der Waals surface area contributed by atoms with Gasteiger partial charge in [-0.25, -0.2) is 0 Å². The Kier molecular flexibility index (Phi) is 7.14. The number of rotatable bonds is 6. The summed E-state index contributed by atoms with van der Waals surface area (Å²) in [6, 6.07) is 76.4. The zero-order chi connectivity index (χ0) is 38.2. The van der Waals surface area contributed by atoms with Crippen LogP contribution in [-0.2, 0) is 5.41 Å². The lowest BCUT2D eigenvalue weighted by molar-refractivity contribution is 0.665. The molecule has 0 saturated carbocycles. The first kappa shape index (κ1) is 32.6. The molecule has 1 unspecified atom stereocenters. The van der Waals surface area contributed by atoms with Gasteiger partial charge in [-0.05, 0) is 105 Å². The molecule has 1 aliphatic carbocycles. The Balaban J connectivity index is 1.12. The van der Waals surface area contributed by atoms with Gasteiger partial charge in [0.1, 0.15) is 22.3 Å². The summed E-state index contributed by atoms with van der Waals surface area (Å²) in [7, 11) is 0. The average Bonchev–Trinajstić information content (AvgIpc) is 3.95. The molecule has 0 spiro atoms. The van der Waals surface area contributed by atoms with Gasteiger partial charge >= 0.3 is 0 Å². The second-order valence-electron chi connectivity index (χ2n) is 15.2. The molecule has 1 atom stereocenters. The molecular formula is C55H35NO2. The normalized spacial score (nSPS) is 14.6. The summed E-state index contributed by atoms with van der Waals surface area (Å²) in [5, 5.41) is 4.44. The first-order valence-corrected chi connectivity index (χ1v) is 19.8. The Labute approximate surface area is 335 Å². The van der Waals surface area contributed by atoms with Crippen LogP contribution in [0.2, 0.25) is 0 Å². The quantitative estimate of drug-likeness (QED) is 0.170. The summed E-state index contributed by atoms with van der Waals surface area (Å²) in [6.45, 7) is 0. The van der Waals surface area contributed by atoms with Crippen molar-refractivity contribution in [2.75, 3.05) is 4.90 Å². The van der Waals surface area contributed by atoms with Gasteiger partial charge in [0.15, 0.2) is 0 Å². The van der Waals surface area contributed by atoms with E-state index in [1.165, 1.54) is 44.5 Å². The number of furan rings is 2. The molecule has 2 aromatic heterocycles. The van der Waals surface area contributed by atoms with Crippen LogP contribution in [0.3, 0.4) is 0 Å². The summed E-state index contributed by atoms with van der Waals surface area (Å²) in [6.07, 6.45) is 0. The number of hydrogen-bond donors (Lipinski definition) is 0. The molecule has 0 bridgehead atoms. The van der Waals surface area contributed by atoms with Crippen molar-refractivity contribution >= 4 is 60.9 Å². The molecule has 11 aromatic rings. The molecule has 0 amide bonds. The maximum Gasteiger partial charge on any atom is 0.135 e. The van der Waals surface area contributed by atoms with Crippen molar-refractivity contribution in [3.8, 4) is 22.3 Å². The molecule has 0 saturated heterocycles. The van der Waals surface area contributed by atoms with Crippen LogP contribution >= 0.6 is 0 Å². The third-order valence-corrected chi connectivity index (χ3v) is 12.2. The van der Waals surface area contributed by atoms with E-state index in [0.717, 1.165) is 60.9 Å². The second kappa shape index (κ2) is 12.7. The highest BCUT2D eigenvalue weighted by molar-refractivity contribution is 6.07. The van der Waals surface area contributed by atoms with Gasteiger partial charge in [0.05, 0.1) is 5.41 Å². The van der Waals surface area contributed by atoms with Crippen LogP contribution in [0.25, 0.3) is 66.1 Å². The highest BCUT2D eigenvalue weighted by atomic mass is 16.3. The van der Waals surface area contributed by atoms with E-state index in [1.807, 2.05) is 18.2 Å². The minimum atomic E-state index is -0.621. The average molecular weight is 742 g/mol. The number of nitrogens with zero attached hydrogens (tertiary/aromatic N) is 1. The molecule has 272 valence electrons. The predicted octanol–water partition coefficient (Wildman–Crippen LogP) is 15.0. The van der Waals surface area contributed by atoms with Gasteiger partial charge in [-0.3, -0.25) is 0 Å². The molecule has 0 fully saturated rings. The smallest absolute Gasteiger partial charge is 0.135 e. The fourth-order valence-corrected chi connectivity index (χ4v) is 9.58. The fraction of sp³-hybridized carbons (Fsp3) is 0.0182. The van der Waals surface area contributed by atoms with E-state index >= 15 is 0 Å². The Morgan fingerprint density at radius 3 is 1.66 bits per heavy atom. The van der Waals surface area contributed by atoms with Crippen molar-refractivity contribution in [2.45, 2.75) is 5.41 Å². The lowest BCUT2D eigenvalue weighted by Crippen LogP contribution is -2.28. The van der Waals surface area contributed by atoms with E-state index in [1.54, 1.807) is 0 Å². The van der Waals surface area contributed by atoms with Gasteiger partial charge in [0.2, 0.25) is 0 Å². The Morgan fingerprint density at radius 1 is 0.310 bits per heavy atom. The third kappa shape index (κ3) is 4.80. The first-order chi connectivity index (χ1) is 28.7. The number of anilines is 3. The van der Waals surface area contributed by atoms with Crippen molar-refractivity contribution in [1.82, 2.24) is 0 Å². The van der Waals surface area contributed by atoms with Gasteiger partial charge in [-0.2, -0.15) is 0 Å². The molecule has 0 aliphatic heterocycles. The van der Waals surface area contributed by atoms with E-state index in [4.69, 9.17) is 8.83 Å². The van der Waals surface area contributed by atoms with Gasteiger partial charge in [0, 0.05) is 38.6 Å². The zero-order valence-corrected chi connectivity index (χ0v) is 31.5. The third-order valence-electron chi connectivity index (χ3n) is 12.2. The van der Waals surface area contributed by atoms with Crippen LogP contribution in [0.5, 0.6) is 0 Å². The fourth-order valence-electron chi connectivity index (χ4n) is 9.58. The van der Waals surface area contributed by atoms with Crippen LogP contribution in [0.4, 0.5) is 17.1 Å². The van der Waals surface area contributed by atoms with Gasteiger partial charge in [-0.15, -0.1) is 0 Å². The van der Waals surface area contributed by atoms with Gasteiger partial charge in [0.25, 0.3) is 0 Å². The molecule has 9 aromatic carbocycles. The number of fused-ring (bicyclic) bond motifs is 9. The molecule has 0 radical (unpaired) electrons. The summed E-state index contributed by atoms with van der Waals surface area (Å²) >= 11 is 0. The van der Waals surface area contributed by atoms with Gasteiger partial charge in [-0.1, -0.05) is 152 Å². The second-order valence-corrected chi connectivity index (χ2v) is 15.2. The maximum atomic E-state index is 6.57. The van der Waals surface area contributed by atoms with E-state index in [2.05, 4.69) is 199 Å². The van der Waals surface area contributed by atoms with Crippen molar-refractivity contribution in [3.63, 3.8) is 0 Å². The first-order valence-electron chi connectivity index (χ1n) is 19.8. The molecular weight excluding hydrogens is 707 g/mol. The van der Waals surface area contributed by atoms with E-state index in [-0.39, 0.29) is 0 Å².